The molecule has 0 unspecified atom stereocenters. The Labute approximate surface area is 530 Å². The van der Waals surface area contributed by atoms with Gasteiger partial charge in [-0.15, -0.1) is 0 Å². The van der Waals surface area contributed by atoms with Crippen molar-refractivity contribution in [1.82, 2.24) is 18.3 Å². The Bertz CT molecular complexity index is 6290. The summed E-state index contributed by atoms with van der Waals surface area (Å²) in [6.45, 7) is 0. The lowest BCUT2D eigenvalue weighted by molar-refractivity contribution is 1.13. The number of para-hydroxylation sites is 4. The predicted octanol–water partition coefficient (Wildman–Crippen LogP) is 23.7. The fourth-order valence-electron chi connectivity index (χ4n) is 15.3. The van der Waals surface area contributed by atoms with Gasteiger partial charge in [-0.3, -0.25) is 0 Å². The van der Waals surface area contributed by atoms with E-state index in [0.29, 0.717) is 0 Å². The third-order valence-electron chi connectivity index (χ3n) is 19.5. The van der Waals surface area contributed by atoms with Gasteiger partial charge in [0.2, 0.25) is 0 Å². The molecule has 0 N–H and O–H groups in total. The molecule has 0 aliphatic heterocycles. The summed E-state index contributed by atoms with van der Waals surface area (Å²) < 4.78 is 9.43. The maximum absolute atomic E-state index is 2.45. The first-order chi connectivity index (χ1) is 45.7. The molecule has 0 atom stereocenters. The smallest absolute Gasteiger partial charge is 0.0548 e. The van der Waals surface area contributed by atoms with Crippen LogP contribution in [0.15, 0.2) is 340 Å². The monoisotopic (exact) mass is 1170 g/mol. The molecule has 4 aromatic heterocycles. The minimum atomic E-state index is 1.16. The summed E-state index contributed by atoms with van der Waals surface area (Å²) in [7, 11) is 0. The van der Waals surface area contributed by atoms with Crippen LogP contribution in [0.2, 0.25) is 0 Å². The van der Waals surface area contributed by atoms with Gasteiger partial charge in [-0.2, -0.15) is 0 Å². The predicted molar refractivity (Wildman–Crippen MR) is 391 cm³/mol. The third-order valence-corrected chi connectivity index (χ3v) is 19.5. The van der Waals surface area contributed by atoms with Crippen LogP contribution in [0.3, 0.4) is 0 Å². The van der Waals surface area contributed by atoms with Crippen LogP contribution in [0, 0.1) is 0 Å². The Morgan fingerprint density at radius 3 is 0.913 bits per heavy atom. The Kier molecular flexibility index (Phi) is 11.6. The van der Waals surface area contributed by atoms with E-state index < -0.39 is 0 Å². The van der Waals surface area contributed by atoms with Crippen molar-refractivity contribution in [2.24, 2.45) is 0 Å². The van der Waals surface area contributed by atoms with Gasteiger partial charge in [-0.05, 0) is 196 Å². The molecule has 0 saturated heterocycles. The van der Waals surface area contributed by atoms with Gasteiger partial charge in [-0.25, -0.2) is 0 Å². The zero-order chi connectivity index (χ0) is 60.4. The molecular formula is C88H56N4. The minimum Gasteiger partial charge on any atom is -0.317 e. The molecule has 0 bridgehead atoms. The molecule has 16 aromatic carbocycles. The lowest BCUT2D eigenvalue weighted by Gasteiger charge is -2.15. The van der Waals surface area contributed by atoms with Gasteiger partial charge in [0.15, 0.2) is 0 Å². The van der Waals surface area contributed by atoms with Crippen LogP contribution >= 0.6 is 0 Å². The Morgan fingerprint density at radius 2 is 0.457 bits per heavy atom. The van der Waals surface area contributed by atoms with Crippen molar-refractivity contribution in [1.29, 1.82) is 0 Å². The number of nitrogens with zero attached hydrogens (tertiary/aromatic N) is 4. The molecule has 0 aliphatic carbocycles. The van der Waals surface area contributed by atoms with Crippen molar-refractivity contribution in [3.8, 4) is 45.0 Å². The van der Waals surface area contributed by atoms with Gasteiger partial charge < -0.3 is 18.3 Å². The molecule has 4 nitrogen and oxygen atoms in total. The second-order valence-corrected chi connectivity index (χ2v) is 24.3. The quantitative estimate of drug-likeness (QED) is 0.148. The second kappa shape index (κ2) is 20.7. The average Bonchev–Trinajstić information content (AvgIpc) is 1.50. The second-order valence-electron chi connectivity index (χ2n) is 24.3. The topological polar surface area (TPSA) is 19.7 Å². The maximum atomic E-state index is 2.45. The van der Waals surface area contributed by atoms with E-state index in [9.17, 15) is 0 Å². The van der Waals surface area contributed by atoms with Crippen molar-refractivity contribution in [3.05, 3.63) is 340 Å². The first-order valence-electron chi connectivity index (χ1n) is 31.7. The molecule has 428 valence electrons. The Hall–Kier alpha value is -12.2. The van der Waals surface area contributed by atoms with Crippen molar-refractivity contribution in [2.45, 2.75) is 0 Å². The summed E-state index contributed by atoms with van der Waals surface area (Å²) in [6.07, 6.45) is 4.39. The zero-order valence-corrected chi connectivity index (χ0v) is 50.1. The average molecular weight is 1170 g/mol. The van der Waals surface area contributed by atoms with Crippen molar-refractivity contribution < 1.29 is 0 Å². The number of rotatable bonds is 6. The van der Waals surface area contributed by atoms with Crippen LogP contribution in [-0.4, -0.2) is 18.3 Å². The number of benzene rings is 16. The van der Waals surface area contributed by atoms with E-state index in [4.69, 9.17) is 0 Å². The largest absolute Gasteiger partial charge is 0.317 e. The van der Waals surface area contributed by atoms with Crippen LogP contribution in [0.5, 0.6) is 0 Å². The van der Waals surface area contributed by atoms with Crippen molar-refractivity contribution in [3.63, 3.8) is 0 Å². The molecule has 92 heavy (non-hydrogen) atoms. The Balaban J connectivity index is 0.000000132. The standard InChI is InChI=1S/2C44H28N2/c1-3-11-29(12-4-1)30-19-21-35-36-22-20-32(28-40(36)34-16-8-7-15-33(34)39(35)27-30)46-42-18-10-9-17-37(42)44-38-25-26-45(31-13-5-2-6-14-31)41(38)23-24-43(44)46;1-2-10-31(11-3-1)45-27-26-39-41(45)24-25-43-44(39)38-16-8-9-17-42(38)46(43)32-21-18-29(19-22-32)30-20-23-37-35-14-5-4-12-33(35)34-13-6-7-15-36(34)40(37)28-30/h2*1-28H. The van der Waals surface area contributed by atoms with E-state index in [1.807, 2.05) is 0 Å². The fraction of sp³-hybridized carbons (Fsp3) is 0. The molecule has 4 heteroatoms. The highest BCUT2D eigenvalue weighted by Crippen LogP contribution is 2.44. The van der Waals surface area contributed by atoms with Crippen LogP contribution in [0.4, 0.5) is 0 Å². The number of aromatic nitrogens is 4. The van der Waals surface area contributed by atoms with Crippen LogP contribution in [0.25, 0.3) is 175 Å². The van der Waals surface area contributed by atoms with Crippen LogP contribution < -0.4 is 0 Å². The van der Waals surface area contributed by atoms with Crippen LogP contribution in [0.1, 0.15) is 0 Å². The molecule has 4 heterocycles. The molecule has 0 saturated carbocycles. The SMILES string of the molecule is c1ccc(-c2ccc3c4ccc(-n5c6ccccc6c6c7ccn(-c8ccccc8)c7ccc65)cc4c4ccccc4c3c2)cc1.c1ccc(-n2ccc3c4c5ccccc5n(-c5ccc(-c6ccc7c8ccccc8c8ccccc8c7c6)cc5)c4ccc32)cc1. The summed E-state index contributed by atoms with van der Waals surface area (Å²) in [4.78, 5) is 0. The van der Waals surface area contributed by atoms with Gasteiger partial charge in [0.25, 0.3) is 0 Å². The molecule has 0 radical (unpaired) electrons. The van der Waals surface area contributed by atoms with Crippen molar-refractivity contribution >= 4 is 130 Å². The summed E-state index contributed by atoms with van der Waals surface area (Å²) in [6, 6.07) is 119. The van der Waals surface area contributed by atoms with E-state index in [0.717, 1.165) is 5.69 Å². The van der Waals surface area contributed by atoms with E-state index in [1.165, 1.54) is 169 Å². The van der Waals surface area contributed by atoms with Gasteiger partial charge in [0.1, 0.15) is 0 Å². The normalized spacial score (nSPS) is 11.9. The first-order valence-corrected chi connectivity index (χ1v) is 31.7. The molecule has 0 spiro atoms. The minimum absolute atomic E-state index is 1.16. The van der Waals surface area contributed by atoms with Gasteiger partial charge in [-0.1, -0.05) is 218 Å². The van der Waals surface area contributed by atoms with E-state index in [-0.39, 0.29) is 0 Å². The summed E-state index contributed by atoms with van der Waals surface area (Å²) in [5.74, 6) is 0. The lowest BCUT2D eigenvalue weighted by Crippen LogP contribution is -1.95. The van der Waals surface area contributed by atoms with E-state index in [1.54, 1.807) is 0 Å². The number of hydrogen-bond donors (Lipinski definition) is 0. The Morgan fingerprint density at radius 1 is 0.152 bits per heavy atom. The van der Waals surface area contributed by atoms with Gasteiger partial charge >= 0.3 is 0 Å². The van der Waals surface area contributed by atoms with Crippen molar-refractivity contribution in [2.75, 3.05) is 0 Å². The molecule has 0 amide bonds. The van der Waals surface area contributed by atoms with E-state index >= 15 is 0 Å². The fourth-order valence-corrected chi connectivity index (χ4v) is 15.3. The maximum Gasteiger partial charge on any atom is 0.0548 e. The number of hydrogen-bond acceptors (Lipinski definition) is 0. The van der Waals surface area contributed by atoms with Gasteiger partial charge in [0.05, 0.1) is 33.1 Å². The van der Waals surface area contributed by atoms with E-state index in [2.05, 4.69) is 358 Å². The molecule has 0 fully saturated rings. The molecule has 20 aromatic rings. The van der Waals surface area contributed by atoms with Gasteiger partial charge in [0, 0.05) is 67.5 Å². The molecule has 0 aliphatic rings. The van der Waals surface area contributed by atoms with Crippen LogP contribution in [-0.2, 0) is 0 Å². The summed E-state index contributed by atoms with van der Waals surface area (Å²) in [5.41, 5.74) is 16.9. The zero-order valence-electron chi connectivity index (χ0n) is 50.1. The summed E-state index contributed by atoms with van der Waals surface area (Å²) in [5, 5.41) is 23.2. The lowest BCUT2D eigenvalue weighted by atomic mass is 9.92. The highest BCUT2D eigenvalue weighted by molar-refractivity contribution is 6.28. The summed E-state index contributed by atoms with van der Waals surface area (Å²) >= 11 is 0. The molecule has 20 rings (SSSR count). The highest BCUT2D eigenvalue weighted by atomic mass is 15.0. The third kappa shape index (κ3) is 7.97. The number of fused-ring (bicyclic) bond motifs is 22. The first kappa shape index (κ1) is 51.8. The highest BCUT2D eigenvalue weighted by Gasteiger charge is 2.21. The molecular weight excluding hydrogens is 1110 g/mol.